The number of aromatic amines is 1. The van der Waals surface area contributed by atoms with Crippen LogP contribution >= 0.6 is 0 Å². The van der Waals surface area contributed by atoms with Gasteiger partial charge in [0.25, 0.3) is 5.91 Å². The Morgan fingerprint density at radius 2 is 2.12 bits per heavy atom. The Hall–Kier alpha value is -4.54. The summed E-state index contributed by atoms with van der Waals surface area (Å²) in [7, 11) is 0. The minimum Gasteiger partial charge on any atom is -0.353 e. The molecule has 5 aromatic rings. The monoisotopic (exact) mass is 458 g/mol. The number of H-pyrrole nitrogens is 1. The molecular weight excluding hydrogens is 439 g/mol. The number of hydrogen-bond acceptors (Lipinski definition) is 7. The summed E-state index contributed by atoms with van der Waals surface area (Å²) >= 11 is 0. The lowest BCUT2D eigenvalue weighted by atomic mass is 10.1. The number of nitrogens with zero attached hydrogens (tertiary/aromatic N) is 5. The molecule has 0 unspecified atom stereocenters. The first kappa shape index (κ1) is 20.1. The average Bonchev–Trinajstić information content (AvgIpc) is 3.29. The lowest BCUT2D eigenvalue weighted by Gasteiger charge is -2.09. The maximum atomic E-state index is 13.3. The van der Waals surface area contributed by atoms with Crippen molar-refractivity contribution < 1.29 is 13.7 Å². The van der Waals surface area contributed by atoms with Crippen LogP contribution in [-0.4, -0.2) is 42.0 Å². The lowest BCUT2D eigenvalue weighted by molar-refractivity contribution is 0.102. The van der Waals surface area contributed by atoms with Gasteiger partial charge in [-0.1, -0.05) is 17.3 Å². The number of anilines is 3. The van der Waals surface area contributed by atoms with Crippen LogP contribution in [0.2, 0.25) is 0 Å². The number of nitrogens with one attached hydrogen (secondary N) is 3. The van der Waals surface area contributed by atoms with Crippen molar-refractivity contribution in [3.63, 3.8) is 0 Å². The number of fused-ring (bicyclic) bond motifs is 1. The molecule has 1 fully saturated rings. The van der Waals surface area contributed by atoms with Gasteiger partial charge in [-0.25, -0.2) is 8.91 Å². The SMILES string of the molecule is Cc1ccc(-c2noc([C@H]3C[C@@H]3F)n2)cc1NC(=O)c1cnn2ccc(Nc3cn[nH]c3)cc12. The van der Waals surface area contributed by atoms with Gasteiger partial charge in [0.05, 0.1) is 35.1 Å². The molecule has 1 aliphatic rings. The molecule has 1 amide bonds. The normalized spacial score (nSPS) is 17.1. The zero-order chi connectivity index (χ0) is 23.2. The summed E-state index contributed by atoms with van der Waals surface area (Å²) in [4.78, 5) is 17.5. The molecular formula is C23H19FN8O2. The number of aryl methyl sites for hydroxylation is 1. The van der Waals surface area contributed by atoms with E-state index in [0.29, 0.717) is 40.5 Å². The molecule has 0 saturated heterocycles. The summed E-state index contributed by atoms with van der Waals surface area (Å²) < 4.78 is 20.2. The van der Waals surface area contributed by atoms with Crippen molar-refractivity contribution in [3.05, 3.63) is 72.1 Å². The summed E-state index contributed by atoms with van der Waals surface area (Å²) in [5.41, 5.74) is 4.80. The highest BCUT2D eigenvalue weighted by atomic mass is 19.1. The number of amides is 1. The van der Waals surface area contributed by atoms with Gasteiger partial charge in [0.15, 0.2) is 0 Å². The second kappa shape index (κ2) is 7.80. The Balaban J connectivity index is 1.26. The van der Waals surface area contributed by atoms with Crippen LogP contribution in [0.3, 0.4) is 0 Å². The maximum absolute atomic E-state index is 13.3. The van der Waals surface area contributed by atoms with Gasteiger partial charge in [0, 0.05) is 29.3 Å². The summed E-state index contributed by atoms with van der Waals surface area (Å²) in [6, 6.07) is 9.17. The molecule has 0 aliphatic heterocycles. The topological polar surface area (TPSA) is 126 Å². The van der Waals surface area contributed by atoms with E-state index in [1.54, 1.807) is 29.2 Å². The molecule has 0 bridgehead atoms. The van der Waals surface area contributed by atoms with Crippen molar-refractivity contribution in [2.75, 3.05) is 10.6 Å². The van der Waals surface area contributed by atoms with E-state index in [1.807, 2.05) is 31.2 Å². The van der Waals surface area contributed by atoms with Crippen LogP contribution in [0.5, 0.6) is 0 Å². The summed E-state index contributed by atoms with van der Waals surface area (Å²) in [5.74, 6) is 0.0486. The molecule has 6 rings (SSSR count). The molecule has 1 saturated carbocycles. The molecule has 10 nitrogen and oxygen atoms in total. The van der Waals surface area contributed by atoms with Crippen LogP contribution in [0.25, 0.3) is 16.9 Å². The van der Waals surface area contributed by atoms with E-state index in [1.165, 1.54) is 6.20 Å². The van der Waals surface area contributed by atoms with Crippen molar-refractivity contribution in [2.24, 2.45) is 0 Å². The molecule has 1 aromatic carbocycles. The average molecular weight is 458 g/mol. The van der Waals surface area contributed by atoms with Crippen molar-refractivity contribution in [3.8, 4) is 11.4 Å². The number of carbonyl (C=O) groups excluding carboxylic acids is 1. The number of pyridine rings is 1. The van der Waals surface area contributed by atoms with Gasteiger partial charge in [0.2, 0.25) is 11.7 Å². The molecule has 170 valence electrons. The first-order chi connectivity index (χ1) is 16.5. The van der Waals surface area contributed by atoms with Gasteiger partial charge in [-0.15, -0.1) is 0 Å². The van der Waals surface area contributed by atoms with Gasteiger partial charge in [0.1, 0.15) is 6.17 Å². The highest BCUT2D eigenvalue weighted by molar-refractivity contribution is 6.09. The second-order valence-electron chi connectivity index (χ2n) is 8.21. The molecule has 2 atom stereocenters. The van der Waals surface area contributed by atoms with Crippen LogP contribution < -0.4 is 10.6 Å². The Labute approximate surface area is 192 Å². The molecule has 34 heavy (non-hydrogen) atoms. The predicted molar refractivity (Wildman–Crippen MR) is 122 cm³/mol. The van der Waals surface area contributed by atoms with Crippen molar-refractivity contribution in [1.29, 1.82) is 0 Å². The first-order valence-corrected chi connectivity index (χ1v) is 10.7. The summed E-state index contributed by atoms with van der Waals surface area (Å²) in [6.45, 7) is 1.89. The molecule has 4 heterocycles. The predicted octanol–water partition coefficient (Wildman–Crippen LogP) is 4.24. The zero-order valence-electron chi connectivity index (χ0n) is 18.0. The quantitative estimate of drug-likeness (QED) is 0.347. The van der Waals surface area contributed by atoms with Crippen LogP contribution in [0.4, 0.5) is 21.5 Å². The van der Waals surface area contributed by atoms with Crippen molar-refractivity contribution in [1.82, 2.24) is 30.0 Å². The molecule has 0 spiro atoms. The number of hydrogen-bond donors (Lipinski definition) is 3. The number of aromatic nitrogens is 6. The standard InChI is InChI=1S/C23H19FN8O2/c1-12-2-3-13(21-30-23(34-31-21)16-8-18(16)24)6-19(12)29-22(33)17-11-27-32-5-4-14(7-20(17)32)28-15-9-25-26-10-15/h2-7,9-11,16,18,28H,8H2,1H3,(H,25,26)(H,29,33)/t16-,18-/m0/s1. The molecule has 4 aromatic heterocycles. The van der Waals surface area contributed by atoms with E-state index in [9.17, 15) is 9.18 Å². The van der Waals surface area contributed by atoms with Crippen molar-refractivity contribution >= 4 is 28.5 Å². The minimum atomic E-state index is -0.914. The molecule has 3 N–H and O–H groups in total. The largest absolute Gasteiger partial charge is 0.353 e. The Kier molecular flexibility index (Phi) is 4.61. The van der Waals surface area contributed by atoms with E-state index >= 15 is 0 Å². The minimum absolute atomic E-state index is 0.303. The number of carbonyl (C=O) groups is 1. The van der Waals surface area contributed by atoms with E-state index in [4.69, 9.17) is 4.52 Å². The first-order valence-electron chi connectivity index (χ1n) is 10.7. The summed E-state index contributed by atoms with van der Waals surface area (Å²) in [5, 5.41) is 21.1. The van der Waals surface area contributed by atoms with Crippen LogP contribution in [-0.2, 0) is 0 Å². The fourth-order valence-electron chi connectivity index (χ4n) is 3.73. The third kappa shape index (κ3) is 3.66. The highest BCUT2D eigenvalue weighted by Crippen LogP contribution is 2.43. The third-order valence-electron chi connectivity index (χ3n) is 5.77. The molecule has 0 radical (unpaired) electrons. The van der Waals surface area contributed by atoms with Gasteiger partial charge in [-0.05, 0) is 37.1 Å². The zero-order valence-corrected chi connectivity index (χ0v) is 18.0. The van der Waals surface area contributed by atoms with Crippen LogP contribution in [0.1, 0.15) is 34.2 Å². The number of halogens is 1. The fraction of sp³-hybridized carbons (Fsp3) is 0.174. The van der Waals surface area contributed by atoms with Gasteiger partial charge < -0.3 is 15.2 Å². The van der Waals surface area contributed by atoms with E-state index < -0.39 is 6.17 Å². The lowest BCUT2D eigenvalue weighted by Crippen LogP contribution is -2.12. The second-order valence-corrected chi connectivity index (χ2v) is 8.21. The maximum Gasteiger partial charge on any atom is 0.259 e. The summed E-state index contributed by atoms with van der Waals surface area (Å²) in [6.07, 6.45) is 6.20. The van der Waals surface area contributed by atoms with Gasteiger partial charge in [-0.3, -0.25) is 9.89 Å². The van der Waals surface area contributed by atoms with Crippen LogP contribution in [0, 0.1) is 6.92 Å². The highest BCUT2D eigenvalue weighted by Gasteiger charge is 2.43. The molecule has 1 aliphatic carbocycles. The Morgan fingerprint density at radius 1 is 1.24 bits per heavy atom. The Bertz CT molecular complexity index is 1510. The smallest absolute Gasteiger partial charge is 0.259 e. The van der Waals surface area contributed by atoms with Gasteiger partial charge >= 0.3 is 0 Å². The van der Waals surface area contributed by atoms with Crippen LogP contribution in [0.15, 0.2) is 59.6 Å². The fourth-order valence-corrected chi connectivity index (χ4v) is 3.73. The molecule has 11 heteroatoms. The van der Waals surface area contributed by atoms with E-state index in [2.05, 4.69) is 36.1 Å². The van der Waals surface area contributed by atoms with E-state index in [-0.39, 0.29) is 11.8 Å². The number of rotatable bonds is 6. The third-order valence-corrected chi connectivity index (χ3v) is 5.77. The number of alkyl halides is 1. The van der Waals surface area contributed by atoms with Gasteiger partial charge in [-0.2, -0.15) is 15.2 Å². The number of benzene rings is 1. The van der Waals surface area contributed by atoms with E-state index in [0.717, 1.165) is 16.9 Å². The Morgan fingerprint density at radius 3 is 2.91 bits per heavy atom. The van der Waals surface area contributed by atoms with Crippen molar-refractivity contribution in [2.45, 2.75) is 25.4 Å².